The molecule has 1 N–H and O–H groups in total. The number of hydrogen-bond donors (Lipinski definition) is 1. The lowest BCUT2D eigenvalue weighted by atomic mass is 10.1. The molecule has 1 rings (SSSR count). The van der Waals surface area contributed by atoms with Crippen molar-refractivity contribution in [3.63, 3.8) is 0 Å². The molecule has 0 saturated heterocycles. The normalized spacial score (nSPS) is 8.12. The summed E-state index contributed by atoms with van der Waals surface area (Å²) in [4.78, 5) is 0. The largest absolute Gasteiger partial charge is 0.388 e. The van der Waals surface area contributed by atoms with Gasteiger partial charge in [-0.2, -0.15) is 0 Å². The Morgan fingerprint density at radius 1 is 0.812 bits per heavy atom. The van der Waals surface area contributed by atoms with Crippen molar-refractivity contribution in [2.24, 2.45) is 0 Å². The molecule has 0 aliphatic carbocycles. The van der Waals surface area contributed by atoms with Gasteiger partial charge in [0, 0.05) is 12.7 Å². The number of benzene rings is 1. The predicted octanol–water partition coefficient (Wildman–Crippen LogP) is 5.12. The van der Waals surface area contributed by atoms with E-state index in [1.165, 1.54) is 24.1 Å². The highest BCUT2D eigenvalue weighted by Gasteiger charge is 1.87. The fraction of sp³-hybridized carbons (Fsp3) is 0.600. The molecule has 0 aliphatic heterocycles. The van der Waals surface area contributed by atoms with E-state index in [1.54, 1.807) is 0 Å². The van der Waals surface area contributed by atoms with Crippen LogP contribution in [0, 0.1) is 0 Å². The first kappa shape index (κ1) is 17.4. The van der Waals surface area contributed by atoms with Crippen molar-refractivity contribution >= 4 is 5.69 Å². The van der Waals surface area contributed by atoms with Gasteiger partial charge in [0.15, 0.2) is 0 Å². The van der Waals surface area contributed by atoms with Crippen molar-refractivity contribution in [2.45, 2.75) is 53.9 Å². The maximum absolute atomic E-state index is 3.08. The number of aryl methyl sites for hydroxylation is 1. The second-order valence-electron chi connectivity index (χ2n) is 3.71. The fourth-order valence-electron chi connectivity index (χ4n) is 0.907. The highest BCUT2D eigenvalue weighted by atomic mass is 14.8. The van der Waals surface area contributed by atoms with Crippen molar-refractivity contribution in [1.29, 1.82) is 0 Å². The second-order valence-corrected chi connectivity index (χ2v) is 3.71. The lowest BCUT2D eigenvalue weighted by Crippen LogP contribution is -1.87. The third-order valence-corrected chi connectivity index (χ3v) is 1.65. The summed E-state index contributed by atoms with van der Waals surface area (Å²) in [5, 5.41) is 3.08. The van der Waals surface area contributed by atoms with E-state index in [1.807, 2.05) is 7.05 Å². The van der Waals surface area contributed by atoms with Gasteiger partial charge in [-0.3, -0.25) is 0 Å². The van der Waals surface area contributed by atoms with Crippen molar-refractivity contribution < 1.29 is 0 Å². The van der Waals surface area contributed by atoms with E-state index in [0.29, 0.717) is 0 Å². The molecule has 0 radical (unpaired) electrons. The Labute approximate surface area is 102 Å². The first-order valence-electron chi connectivity index (χ1n) is 6.46. The zero-order chi connectivity index (χ0) is 12.8. The standard InChI is InChI=1S/C9H13N.2C3H8/c1-3-8-4-6-9(10-2)7-5-8;2*1-3-2/h4-7,10H,3H2,1-2H3;2*3H2,1-2H3. The van der Waals surface area contributed by atoms with E-state index in [2.05, 4.69) is 64.2 Å². The molecule has 1 aromatic carbocycles. The molecule has 0 heterocycles. The Balaban J connectivity index is 0. The van der Waals surface area contributed by atoms with Gasteiger partial charge in [-0.15, -0.1) is 0 Å². The third-order valence-electron chi connectivity index (χ3n) is 1.65. The molecule has 0 bridgehead atoms. The van der Waals surface area contributed by atoms with Crippen LogP contribution in [0.4, 0.5) is 5.69 Å². The van der Waals surface area contributed by atoms with E-state index >= 15 is 0 Å². The predicted molar refractivity (Wildman–Crippen MR) is 77.3 cm³/mol. The minimum absolute atomic E-state index is 1.12. The molecule has 1 heteroatoms. The first-order chi connectivity index (χ1) is 7.69. The minimum atomic E-state index is 1.12. The third kappa shape index (κ3) is 11.1. The molecule has 1 aromatic rings. The van der Waals surface area contributed by atoms with E-state index in [-0.39, 0.29) is 0 Å². The average molecular weight is 223 g/mol. The topological polar surface area (TPSA) is 12.0 Å². The van der Waals surface area contributed by atoms with Gasteiger partial charge in [0.25, 0.3) is 0 Å². The maximum atomic E-state index is 3.08. The zero-order valence-electron chi connectivity index (χ0n) is 11.9. The van der Waals surface area contributed by atoms with Gasteiger partial charge in [0.2, 0.25) is 0 Å². The summed E-state index contributed by atoms with van der Waals surface area (Å²) >= 11 is 0. The molecule has 0 atom stereocenters. The summed E-state index contributed by atoms with van der Waals surface area (Å²) in [5.74, 6) is 0. The van der Waals surface area contributed by atoms with Gasteiger partial charge in [-0.1, -0.05) is 59.6 Å². The lowest BCUT2D eigenvalue weighted by Gasteiger charge is -1.99. The Kier molecular flexibility index (Phi) is 15.3. The molecule has 16 heavy (non-hydrogen) atoms. The Morgan fingerprint density at radius 2 is 1.19 bits per heavy atom. The van der Waals surface area contributed by atoms with Crippen LogP contribution in [0.1, 0.15) is 53.0 Å². The van der Waals surface area contributed by atoms with Gasteiger partial charge < -0.3 is 5.32 Å². The van der Waals surface area contributed by atoms with Crippen LogP contribution in [0.5, 0.6) is 0 Å². The smallest absolute Gasteiger partial charge is 0.0337 e. The Hall–Kier alpha value is -0.980. The molecule has 0 fully saturated rings. The molecule has 94 valence electrons. The molecule has 0 spiro atoms. The summed E-state index contributed by atoms with van der Waals surface area (Å²) in [6.07, 6.45) is 3.62. The Morgan fingerprint density at radius 3 is 1.44 bits per heavy atom. The summed E-state index contributed by atoms with van der Waals surface area (Å²) in [5.41, 5.74) is 2.57. The quantitative estimate of drug-likeness (QED) is 0.733. The maximum Gasteiger partial charge on any atom is 0.0337 e. The van der Waals surface area contributed by atoms with E-state index in [9.17, 15) is 0 Å². The van der Waals surface area contributed by atoms with Gasteiger partial charge >= 0.3 is 0 Å². The van der Waals surface area contributed by atoms with Crippen LogP contribution in [0.3, 0.4) is 0 Å². The second kappa shape index (κ2) is 14.0. The van der Waals surface area contributed by atoms with Crippen LogP contribution in [-0.4, -0.2) is 7.05 Å². The highest BCUT2D eigenvalue weighted by Crippen LogP contribution is 2.08. The summed E-state index contributed by atoms with van der Waals surface area (Å²) in [6.45, 7) is 10.7. The molecular weight excluding hydrogens is 194 g/mol. The highest BCUT2D eigenvalue weighted by molar-refractivity contribution is 5.43. The van der Waals surface area contributed by atoms with E-state index in [4.69, 9.17) is 0 Å². The van der Waals surface area contributed by atoms with Crippen LogP contribution in [0.2, 0.25) is 0 Å². The monoisotopic (exact) mass is 223 g/mol. The molecule has 1 nitrogen and oxygen atoms in total. The number of anilines is 1. The van der Waals surface area contributed by atoms with E-state index < -0.39 is 0 Å². The molecule has 0 unspecified atom stereocenters. The lowest BCUT2D eigenvalue weighted by molar-refractivity contribution is 1.09. The van der Waals surface area contributed by atoms with Crippen molar-refractivity contribution in [1.82, 2.24) is 0 Å². The molecule has 0 aliphatic rings. The molecule has 0 saturated carbocycles. The summed E-state index contributed by atoms with van der Waals surface area (Å²) in [6, 6.07) is 8.48. The SMILES string of the molecule is CCC.CCC.CCc1ccc(NC)cc1. The van der Waals surface area contributed by atoms with Gasteiger partial charge in [-0.05, 0) is 24.1 Å². The van der Waals surface area contributed by atoms with Gasteiger partial charge in [0.1, 0.15) is 0 Å². The molecule has 0 amide bonds. The van der Waals surface area contributed by atoms with E-state index in [0.717, 1.165) is 6.42 Å². The zero-order valence-corrected chi connectivity index (χ0v) is 11.9. The molecular formula is C15H29N. The number of rotatable bonds is 2. The van der Waals surface area contributed by atoms with Gasteiger partial charge in [0.05, 0.1) is 0 Å². The van der Waals surface area contributed by atoms with Crippen molar-refractivity contribution in [2.75, 3.05) is 12.4 Å². The average Bonchev–Trinajstić information content (AvgIpc) is 2.31. The van der Waals surface area contributed by atoms with Crippen molar-refractivity contribution in [3.05, 3.63) is 29.8 Å². The van der Waals surface area contributed by atoms with Gasteiger partial charge in [-0.25, -0.2) is 0 Å². The summed E-state index contributed by atoms with van der Waals surface area (Å²) in [7, 11) is 1.93. The van der Waals surface area contributed by atoms with Crippen molar-refractivity contribution in [3.8, 4) is 0 Å². The number of hydrogen-bond acceptors (Lipinski definition) is 1. The van der Waals surface area contributed by atoms with Crippen LogP contribution in [-0.2, 0) is 6.42 Å². The van der Waals surface area contributed by atoms with Crippen LogP contribution in [0.25, 0.3) is 0 Å². The first-order valence-corrected chi connectivity index (χ1v) is 6.46. The Bertz CT molecular complexity index is 188. The van der Waals surface area contributed by atoms with Crippen LogP contribution >= 0.6 is 0 Å². The van der Waals surface area contributed by atoms with Crippen LogP contribution < -0.4 is 5.32 Å². The van der Waals surface area contributed by atoms with Crippen LogP contribution in [0.15, 0.2) is 24.3 Å². The fourth-order valence-corrected chi connectivity index (χ4v) is 0.907. The summed E-state index contributed by atoms with van der Waals surface area (Å²) < 4.78 is 0. The number of nitrogens with one attached hydrogen (secondary N) is 1. The molecule has 0 aromatic heterocycles. The minimum Gasteiger partial charge on any atom is -0.388 e.